The molecule has 1 N–H and O–H groups in total. The molecular formula is C16H24N2O2. The van der Waals surface area contributed by atoms with E-state index in [2.05, 4.69) is 29.6 Å². The molecule has 4 heteroatoms. The van der Waals surface area contributed by atoms with E-state index in [-0.39, 0.29) is 6.09 Å². The number of hydrogen-bond acceptors (Lipinski definition) is 3. The van der Waals surface area contributed by atoms with E-state index in [9.17, 15) is 4.79 Å². The van der Waals surface area contributed by atoms with Crippen molar-refractivity contribution in [2.24, 2.45) is 0 Å². The fourth-order valence-corrected chi connectivity index (χ4v) is 2.35. The summed E-state index contributed by atoms with van der Waals surface area (Å²) in [5, 5.41) is 3.22. The Balaban J connectivity index is 1.50. The molecule has 0 aromatic heterocycles. The summed E-state index contributed by atoms with van der Waals surface area (Å²) in [4.78, 5) is 13.5. The van der Waals surface area contributed by atoms with Crippen molar-refractivity contribution >= 4 is 6.09 Å². The molecule has 1 amide bonds. The molecule has 1 aliphatic heterocycles. The van der Waals surface area contributed by atoms with Crippen LogP contribution in [0.2, 0.25) is 0 Å². The summed E-state index contributed by atoms with van der Waals surface area (Å²) in [7, 11) is 0. The van der Waals surface area contributed by atoms with E-state index in [1.54, 1.807) is 4.90 Å². The van der Waals surface area contributed by atoms with Crippen LogP contribution in [0.1, 0.15) is 24.8 Å². The van der Waals surface area contributed by atoms with Crippen LogP contribution in [0.15, 0.2) is 30.3 Å². The monoisotopic (exact) mass is 276 g/mol. The topological polar surface area (TPSA) is 41.6 Å². The van der Waals surface area contributed by atoms with Crippen LogP contribution < -0.4 is 5.32 Å². The van der Waals surface area contributed by atoms with Crippen LogP contribution >= 0.6 is 0 Å². The molecule has 20 heavy (non-hydrogen) atoms. The number of ether oxygens (including phenoxy) is 1. The van der Waals surface area contributed by atoms with Crippen LogP contribution in [0.25, 0.3) is 0 Å². The number of nitrogens with zero attached hydrogens (tertiary/aromatic N) is 1. The maximum atomic E-state index is 11.7. The second-order valence-electron chi connectivity index (χ2n) is 5.15. The van der Waals surface area contributed by atoms with E-state index in [0.717, 1.165) is 51.9 Å². The number of nitrogens with one attached hydrogen (secondary N) is 1. The molecule has 0 spiro atoms. The molecule has 0 unspecified atom stereocenters. The van der Waals surface area contributed by atoms with Crippen molar-refractivity contribution < 1.29 is 9.53 Å². The molecule has 0 aliphatic carbocycles. The lowest BCUT2D eigenvalue weighted by molar-refractivity contribution is 0.0961. The van der Waals surface area contributed by atoms with Crippen molar-refractivity contribution in [3.8, 4) is 0 Å². The van der Waals surface area contributed by atoms with Crippen LogP contribution in [0.3, 0.4) is 0 Å². The summed E-state index contributed by atoms with van der Waals surface area (Å²) < 4.78 is 5.29. The summed E-state index contributed by atoms with van der Waals surface area (Å²) in [5.74, 6) is 0. The minimum Gasteiger partial charge on any atom is -0.449 e. The normalized spacial score (nSPS) is 15.1. The van der Waals surface area contributed by atoms with Crippen LogP contribution in [0, 0.1) is 0 Å². The van der Waals surface area contributed by atoms with E-state index in [4.69, 9.17) is 4.74 Å². The maximum Gasteiger partial charge on any atom is 0.409 e. The van der Waals surface area contributed by atoms with Gasteiger partial charge in [-0.3, -0.25) is 0 Å². The van der Waals surface area contributed by atoms with Gasteiger partial charge < -0.3 is 15.0 Å². The SMILES string of the molecule is O=C(OCCCCCc1ccccc1)N1CCNCC1. The Labute approximate surface area is 121 Å². The fraction of sp³-hybridized carbons (Fsp3) is 0.562. The molecule has 1 saturated heterocycles. The molecule has 0 atom stereocenters. The lowest BCUT2D eigenvalue weighted by Gasteiger charge is -2.26. The van der Waals surface area contributed by atoms with E-state index < -0.39 is 0 Å². The van der Waals surface area contributed by atoms with Gasteiger partial charge in [0.1, 0.15) is 0 Å². The minimum atomic E-state index is -0.158. The smallest absolute Gasteiger partial charge is 0.409 e. The highest BCUT2D eigenvalue weighted by Gasteiger charge is 2.16. The largest absolute Gasteiger partial charge is 0.449 e. The molecule has 4 nitrogen and oxygen atoms in total. The molecule has 1 aromatic rings. The highest BCUT2D eigenvalue weighted by atomic mass is 16.6. The Kier molecular flexibility index (Phi) is 6.38. The van der Waals surface area contributed by atoms with Gasteiger partial charge in [-0.25, -0.2) is 4.79 Å². The summed E-state index contributed by atoms with van der Waals surface area (Å²) in [5.41, 5.74) is 1.38. The molecule has 2 rings (SSSR count). The first-order chi connectivity index (χ1) is 9.86. The van der Waals surface area contributed by atoms with E-state index >= 15 is 0 Å². The predicted molar refractivity (Wildman–Crippen MR) is 79.8 cm³/mol. The molecule has 1 aliphatic rings. The number of carbonyl (C=O) groups excluding carboxylic acids is 1. The second kappa shape index (κ2) is 8.59. The Bertz CT molecular complexity index is 389. The first-order valence-corrected chi connectivity index (χ1v) is 7.52. The number of benzene rings is 1. The number of piperazine rings is 1. The average Bonchev–Trinajstić information content (AvgIpc) is 2.52. The summed E-state index contributed by atoms with van der Waals surface area (Å²) in [6.45, 7) is 3.79. The first kappa shape index (κ1) is 14.9. The zero-order valence-electron chi connectivity index (χ0n) is 12.0. The van der Waals surface area contributed by atoms with Gasteiger partial charge in [0.25, 0.3) is 0 Å². The van der Waals surface area contributed by atoms with Crippen molar-refractivity contribution in [3.05, 3.63) is 35.9 Å². The van der Waals surface area contributed by atoms with Crippen molar-refractivity contribution in [1.82, 2.24) is 10.2 Å². The average molecular weight is 276 g/mol. The van der Waals surface area contributed by atoms with Crippen molar-refractivity contribution in [3.63, 3.8) is 0 Å². The van der Waals surface area contributed by atoms with Gasteiger partial charge in [-0.05, 0) is 31.2 Å². The zero-order chi connectivity index (χ0) is 14.0. The third-order valence-electron chi connectivity index (χ3n) is 3.55. The molecule has 0 saturated carbocycles. The lowest BCUT2D eigenvalue weighted by Crippen LogP contribution is -2.46. The van der Waals surface area contributed by atoms with E-state index in [1.165, 1.54) is 5.56 Å². The van der Waals surface area contributed by atoms with Crippen molar-refractivity contribution in [2.45, 2.75) is 25.7 Å². The first-order valence-electron chi connectivity index (χ1n) is 7.52. The van der Waals surface area contributed by atoms with Gasteiger partial charge in [-0.2, -0.15) is 0 Å². The molecule has 0 bridgehead atoms. The number of unbranched alkanes of at least 4 members (excludes halogenated alkanes) is 2. The maximum absolute atomic E-state index is 11.7. The number of rotatable bonds is 6. The number of hydrogen-bond donors (Lipinski definition) is 1. The third kappa shape index (κ3) is 5.21. The predicted octanol–water partition coefficient (Wildman–Crippen LogP) is 2.44. The Morgan fingerprint density at radius 1 is 1.10 bits per heavy atom. The van der Waals surface area contributed by atoms with Gasteiger partial charge in [-0.1, -0.05) is 30.3 Å². The van der Waals surface area contributed by atoms with Gasteiger partial charge >= 0.3 is 6.09 Å². The highest BCUT2D eigenvalue weighted by Crippen LogP contribution is 2.06. The van der Waals surface area contributed by atoms with Gasteiger partial charge in [0, 0.05) is 26.2 Å². The molecule has 1 aromatic carbocycles. The summed E-state index contributed by atoms with van der Waals surface area (Å²) in [6, 6.07) is 10.5. The fourth-order valence-electron chi connectivity index (χ4n) is 2.35. The lowest BCUT2D eigenvalue weighted by atomic mass is 10.1. The summed E-state index contributed by atoms with van der Waals surface area (Å²) >= 11 is 0. The second-order valence-corrected chi connectivity index (χ2v) is 5.15. The van der Waals surface area contributed by atoms with Crippen LogP contribution in [-0.2, 0) is 11.2 Å². The third-order valence-corrected chi connectivity index (χ3v) is 3.55. The zero-order valence-corrected chi connectivity index (χ0v) is 12.0. The van der Waals surface area contributed by atoms with Crippen LogP contribution in [0.5, 0.6) is 0 Å². The number of amides is 1. The standard InChI is InChI=1S/C16H24N2O2/c19-16(18-12-10-17-11-13-18)20-14-6-2-5-9-15-7-3-1-4-8-15/h1,3-4,7-8,17H,2,5-6,9-14H2. The van der Waals surface area contributed by atoms with Gasteiger partial charge in [0.05, 0.1) is 6.61 Å². The Morgan fingerprint density at radius 3 is 2.60 bits per heavy atom. The van der Waals surface area contributed by atoms with Crippen LogP contribution in [-0.4, -0.2) is 43.8 Å². The number of aryl methyl sites for hydroxylation is 1. The molecular weight excluding hydrogens is 252 g/mol. The van der Waals surface area contributed by atoms with Crippen molar-refractivity contribution in [2.75, 3.05) is 32.8 Å². The summed E-state index contributed by atoms with van der Waals surface area (Å²) in [6.07, 6.45) is 4.14. The quantitative estimate of drug-likeness (QED) is 0.811. The van der Waals surface area contributed by atoms with Crippen LogP contribution in [0.4, 0.5) is 4.79 Å². The highest BCUT2D eigenvalue weighted by molar-refractivity contribution is 5.67. The van der Waals surface area contributed by atoms with E-state index in [0.29, 0.717) is 6.61 Å². The molecule has 0 radical (unpaired) electrons. The Hall–Kier alpha value is -1.55. The van der Waals surface area contributed by atoms with Gasteiger partial charge in [0.2, 0.25) is 0 Å². The molecule has 110 valence electrons. The van der Waals surface area contributed by atoms with Crippen molar-refractivity contribution in [1.29, 1.82) is 0 Å². The minimum absolute atomic E-state index is 0.158. The van der Waals surface area contributed by atoms with E-state index in [1.807, 2.05) is 6.07 Å². The molecule has 1 heterocycles. The molecule has 1 fully saturated rings. The Morgan fingerprint density at radius 2 is 1.85 bits per heavy atom. The number of carbonyl (C=O) groups is 1. The van der Waals surface area contributed by atoms with Gasteiger partial charge in [0.15, 0.2) is 0 Å². The van der Waals surface area contributed by atoms with Gasteiger partial charge in [-0.15, -0.1) is 0 Å².